The zero-order valence-electron chi connectivity index (χ0n) is 18.4. The number of hydrogen-bond acceptors (Lipinski definition) is 1. The second-order valence-corrected chi connectivity index (χ2v) is 9.96. The van der Waals surface area contributed by atoms with Gasteiger partial charge in [-0.2, -0.15) is 0 Å². The topological polar surface area (TPSA) is 17.1 Å². The average molecular weight is 383 g/mol. The maximum absolute atomic E-state index is 11.6. The molecular formula is C27H42O. The predicted octanol–water partition coefficient (Wildman–Crippen LogP) is 7.87. The number of carbonyl (C=O) groups excluding carboxylic acids is 1. The van der Waals surface area contributed by atoms with E-state index in [4.69, 9.17) is 0 Å². The normalized spacial score (nSPS) is 30.9. The molecule has 3 rings (SSSR count). The van der Waals surface area contributed by atoms with Gasteiger partial charge in [0.05, 0.1) is 0 Å². The van der Waals surface area contributed by atoms with E-state index in [1.807, 2.05) is 0 Å². The first-order valence-electron chi connectivity index (χ1n) is 12.2. The van der Waals surface area contributed by atoms with Crippen molar-refractivity contribution in [3.63, 3.8) is 0 Å². The van der Waals surface area contributed by atoms with Crippen LogP contribution < -0.4 is 0 Å². The number of benzene rings is 1. The van der Waals surface area contributed by atoms with Crippen LogP contribution in [0.3, 0.4) is 0 Å². The van der Waals surface area contributed by atoms with E-state index in [0.717, 1.165) is 37.5 Å². The molecule has 0 spiro atoms. The van der Waals surface area contributed by atoms with Crippen LogP contribution in [-0.4, -0.2) is 6.29 Å². The van der Waals surface area contributed by atoms with Crippen molar-refractivity contribution in [1.29, 1.82) is 0 Å². The summed E-state index contributed by atoms with van der Waals surface area (Å²) in [5, 5.41) is 0. The molecule has 0 N–H and O–H groups in total. The molecule has 28 heavy (non-hydrogen) atoms. The van der Waals surface area contributed by atoms with Gasteiger partial charge in [0.25, 0.3) is 0 Å². The maximum atomic E-state index is 11.6. The zero-order chi connectivity index (χ0) is 19.8. The quantitative estimate of drug-likeness (QED) is 0.397. The summed E-state index contributed by atoms with van der Waals surface area (Å²) in [5.74, 6) is 2.64. The maximum Gasteiger partial charge on any atom is 0.126 e. The fourth-order valence-electron chi connectivity index (χ4n) is 6.00. The van der Waals surface area contributed by atoms with Crippen LogP contribution in [0.15, 0.2) is 24.3 Å². The summed E-state index contributed by atoms with van der Waals surface area (Å²) in [6.45, 7) is 4.53. The average Bonchev–Trinajstić information content (AvgIpc) is 2.75. The molecule has 0 bridgehead atoms. The van der Waals surface area contributed by atoms with E-state index in [1.54, 1.807) is 0 Å². The highest BCUT2D eigenvalue weighted by molar-refractivity contribution is 5.59. The number of rotatable bonds is 9. The van der Waals surface area contributed by atoms with Crippen LogP contribution in [0, 0.1) is 17.3 Å². The van der Waals surface area contributed by atoms with Gasteiger partial charge in [0.1, 0.15) is 6.29 Å². The van der Waals surface area contributed by atoms with Gasteiger partial charge in [-0.1, -0.05) is 83.1 Å². The molecule has 156 valence electrons. The molecule has 2 aliphatic rings. The Morgan fingerprint density at radius 2 is 1.46 bits per heavy atom. The smallest absolute Gasteiger partial charge is 0.126 e. The van der Waals surface area contributed by atoms with Crippen LogP contribution in [0.2, 0.25) is 0 Å². The standard InChI is InChI=1S/C27H42O/c1-3-5-22-6-8-23(9-7-22)10-11-24-12-14-25(15-13-24)26-16-19-27(21-28,18-4-2)20-17-26/h12-15,21-23,26H,3-11,16-20H2,1-2H3/t22-,23-,26?,27?. The molecule has 0 aliphatic heterocycles. The summed E-state index contributed by atoms with van der Waals surface area (Å²) in [7, 11) is 0. The number of aryl methyl sites for hydroxylation is 1. The number of hydrogen-bond donors (Lipinski definition) is 0. The van der Waals surface area contributed by atoms with Crippen molar-refractivity contribution >= 4 is 6.29 Å². The van der Waals surface area contributed by atoms with Crippen LogP contribution in [0.25, 0.3) is 0 Å². The molecule has 0 radical (unpaired) electrons. The first-order chi connectivity index (χ1) is 13.7. The molecule has 0 saturated heterocycles. The lowest BCUT2D eigenvalue weighted by atomic mass is 9.68. The van der Waals surface area contributed by atoms with Crippen molar-refractivity contribution in [3.8, 4) is 0 Å². The van der Waals surface area contributed by atoms with Crippen molar-refractivity contribution in [2.24, 2.45) is 17.3 Å². The zero-order valence-corrected chi connectivity index (χ0v) is 18.4. The molecule has 0 heterocycles. The molecule has 1 heteroatoms. The molecule has 2 fully saturated rings. The van der Waals surface area contributed by atoms with Crippen molar-refractivity contribution < 1.29 is 4.79 Å². The lowest BCUT2D eigenvalue weighted by molar-refractivity contribution is -0.118. The lowest BCUT2D eigenvalue weighted by Gasteiger charge is -2.36. The lowest BCUT2D eigenvalue weighted by Crippen LogP contribution is -2.28. The largest absolute Gasteiger partial charge is 0.303 e. The number of carbonyl (C=O) groups is 1. The van der Waals surface area contributed by atoms with E-state index >= 15 is 0 Å². The van der Waals surface area contributed by atoms with Gasteiger partial charge in [-0.3, -0.25) is 0 Å². The summed E-state index contributed by atoms with van der Waals surface area (Å²) in [5.41, 5.74) is 3.00. The molecule has 0 unspecified atom stereocenters. The third-order valence-electron chi connectivity index (χ3n) is 7.93. The van der Waals surface area contributed by atoms with Gasteiger partial charge in [-0.15, -0.1) is 0 Å². The molecular weight excluding hydrogens is 340 g/mol. The molecule has 1 nitrogen and oxygen atoms in total. The fraction of sp³-hybridized carbons (Fsp3) is 0.741. The van der Waals surface area contributed by atoms with Gasteiger partial charge in [-0.05, 0) is 73.8 Å². The van der Waals surface area contributed by atoms with Gasteiger partial charge < -0.3 is 4.79 Å². The second-order valence-electron chi connectivity index (χ2n) is 9.96. The summed E-state index contributed by atoms with van der Waals surface area (Å²) >= 11 is 0. The van der Waals surface area contributed by atoms with E-state index in [9.17, 15) is 4.79 Å². The van der Waals surface area contributed by atoms with Crippen LogP contribution >= 0.6 is 0 Å². The SMILES string of the molecule is CCCC1(C=O)CCC(c2ccc(CC[C@H]3CC[C@H](CCC)CC3)cc2)CC1. The van der Waals surface area contributed by atoms with E-state index in [2.05, 4.69) is 38.1 Å². The second kappa shape index (κ2) is 10.6. The Bertz CT molecular complexity index is 571. The van der Waals surface area contributed by atoms with Crippen molar-refractivity contribution in [2.75, 3.05) is 0 Å². The Kier molecular flexibility index (Phi) is 8.18. The fourth-order valence-corrected chi connectivity index (χ4v) is 6.00. The van der Waals surface area contributed by atoms with Crippen molar-refractivity contribution in [2.45, 2.75) is 110 Å². The monoisotopic (exact) mass is 382 g/mol. The van der Waals surface area contributed by atoms with Gasteiger partial charge in [0, 0.05) is 5.41 Å². The first-order valence-corrected chi connectivity index (χ1v) is 12.2. The van der Waals surface area contributed by atoms with Gasteiger partial charge >= 0.3 is 0 Å². The summed E-state index contributed by atoms with van der Waals surface area (Å²) in [6.07, 6.45) is 19.3. The Labute approximate surface area is 173 Å². The van der Waals surface area contributed by atoms with Crippen LogP contribution in [0.5, 0.6) is 0 Å². The van der Waals surface area contributed by atoms with Crippen molar-refractivity contribution in [3.05, 3.63) is 35.4 Å². The molecule has 0 atom stereocenters. The van der Waals surface area contributed by atoms with E-state index < -0.39 is 0 Å². The minimum atomic E-state index is -0.0126. The highest BCUT2D eigenvalue weighted by Gasteiger charge is 2.34. The predicted molar refractivity (Wildman–Crippen MR) is 120 cm³/mol. The van der Waals surface area contributed by atoms with E-state index in [-0.39, 0.29) is 5.41 Å². The van der Waals surface area contributed by atoms with E-state index in [0.29, 0.717) is 5.92 Å². The minimum Gasteiger partial charge on any atom is -0.303 e. The summed E-state index contributed by atoms with van der Waals surface area (Å²) in [6, 6.07) is 9.52. The van der Waals surface area contributed by atoms with Crippen LogP contribution in [0.1, 0.15) is 114 Å². The minimum absolute atomic E-state index is 0.0126. The van der Waals surface area contributed by atoms with Gasteiger partial charge in [0.15, 0.2) is 0 Å². The molecule has 1 aromatic rings. The highest BCUT2D eigenvalue weighted by atomic mass is 16.1. The first kappa shape index (κ1) is 21.6. The Morgan fingerprint density at radius 3 is 2.00 bits per heavy atom. The molecule has 1 aromatic carbocycles. The number of aldehydes is 1. The molecule has 2 aliphatic carbocycles. The van der Waals surface area contributed by atoms with E-state index in [1.165, 1.54) is 81.6 Å². The summed E-state index contributed by atoms with van der Waals surface area (Å²) < 4.78 is 0. The highest BCUT2D eigenvalue weighted by Crippen LogP contribution is 2.44. The third kappa shape index (κ3) is 5.71. The summed E-state index contributed by atoms with van der Waals surface area (Å²) in [4.78, 5) is 11.6. The Balaban J connectivity index is 1.44. The Morgan fingerprint density at radius 1 is 0.857 bits per heavy atom. The Hall–Kier alpha value is -1.11. The van der Waals surface area contributed by atoms with Crippen LogP contribution in [0.4, 0.5) is 0 Å². The molecule has 2 saturated carbocycles. The van der Waals surface area contributed by atoms with Crippen LogP contribution in [-0.2, 0) is 11.2 Å². The third-order valence-corrected chi connectivity index (χ3v) is 7.93. The van der Waals surface area contributed by atoms with Crippen molar-refractivity contribution in [1.82, 2.24) is 0 Å². The van der Waals surface area contributed by atoms with Gasteiger partial charge in [0.2, 0.25) is 0 Å². The molecule has 0 aromatic heterocycles. The molecule has 0 amide bonds. The van der Waals surface area contributed by atoms with Gasteiger partial charge in [-0.25, -0.2) is 0 Å².